The van der Waals surface area contributed by atoms with Gasteiger partial charge in [-0.2, -0.15) is 0 Å². The first-order valence-electron chi connectivity index (χ1n) is 6.51. The first kappa shape index (κ1) is 12.5. The van der Waals surface area contributed by atoms with Crippen LogP contribution in [0.3, 0.4) is 0 Å². The van der Waals surface area contributed by atoms with Crippen LogP contribution in [0.1, 0.15) is 13.8 Å². The molecule has 1 N–H and O–H groups in total. The molecule has 0 amide bonds. The van der Waals surface area contributed by atoms with Gasteiger partial charge < -0.3 is 14.1 Å². The van der Waals surface area contributed by atoms with Crippen LogP contribution in [-0.2, 0) is 0 Å². The Morgan fingerprint density at radius 3 is 2.80 bits per heavy atom. The van der Waals surface area contributed by atoms with Gasteiger partial charge in [-0.15, -0.1) is 0 Å². The number of hydrogen-bond acceptors (Lipinski definition) is 3. The molecule has 0 bridgehead atoms. The predicted molar refractivity (Wildman–Crippen MR) is 78.0 cm³/mol. The molecule has 4 nitrogen and oxygen atoms in total. The Morgan fingerprint density at radius 2 is 2.10 bits per heavy atom. The Bertz CT molecular complexity index is 785. The zero-order chi connectivity index (χ0) is 14.1. The van der Waals surface area contributed by atoms with Crippen LogP contribution in [0.15, 0.2) is 52.0 Å². The Balaban J connectivity index is 2.13. The van der Waals surface area contributed by atoms with Gasteiger partial charge in [0.05, 0.1) is 22.7 Å². The second-order valence-corrected chi connectivity index (χ2v) is 4.89. The molecule has 0 atom stereocenters. The van der Waals surface area contributed by atoms with Gasteiger partial charge >= 0.3 is 0 Å². The summed E-state index contributed by atoms with van der Waals surface area (Å²) in [5.41, 5.74) is 1.76. The number of aromatic amines is 1. The van der Waals surface area contributed by atoms with Crippen LogP contribution in [0.4, 0.5) is 0 Å². The van der Waals surface area contributed by atoms with E-state index in [1.807, 2.05) is 26.0 Å². The molecule has 20 heavy (non-hydrogen) atoms. The third-order valence-electron chi connectivity index (χ3n) is 3.01. The lowest BCUT2D eigenvalue weighted by Gasteiger charge is -2.09. The summed E-state index contributed by atoms with van der Waals surface area (Å²) < 4.78 is 11.2. The van der Waals surface area contributed by atoms with Crippen molar-refractivity contribution in [1.29, 1.82) is 0 Å². The van der Waals surface area contributed by atoms with Gasteiger partial charge in [-0.1, -0.05) is 0 Å². The second kappa shape index (κ2) is 4.89. The van der Waals surface area contributed by atoms with Gasteiger partial charge in [-0.25, -0.2) is 0 Å². The number of aromatic nitrogens is 1. The summed E-state index contributed by atoms with van der Waals surface area (Å²) in [5, 5.41) is 0.549. The second-order valence-electron chi connectivity index (χ2n) is 4.89. The molecule has 102 valence electrons. The summed E-state index contributed by atoms with van der Waals surface area (Å²) in [6, 6.07) is 8.96. The van der Waals surface area contributed by atoms with E-state index in [2.05, 4.69) is 4.98 Å². The minimum Gasteiger partial charge on any atom is -0.491 e. The van der Waals surface area contributed by atoms with E-state index in [1.54, 1.807) is 24.4 Å². The minimum absolute atomic E-state index is 0.0511. The molecule has 3 rings (SSSR count). The summed E-state index contributed by atoms with van der Waals surface area (Å²) in [6.07, 6.45) is 3.34. The van der Waals surface area contributed by atoms with E-state index in [9.17, 15) is 4.79 Å². The summed E-state index contributed by atoms with van der Waals surface area (Å²) in [4.78, 5) is 15.5. The molecular formula is C16H15NO3. The van der Waals surface area contributed by atoms with E-state index in [1.165, 1.54) is 6.26 Å². The third kappa shape index (κ3) is 2.20. The van der Waals surface area contributed by atoms with Crippen molar-refractivity contribution in [3.8, 4) is 17.0 Å². The third-order valence-corrected chi connectivity index (χ3v) is 3.01. The number of hydrogen-bond donors (Lipinski definition) is 1. The topological polar surface area (TPSA) is 55.2 Å². The van der Waals surface area contributed by atoms with E-state index in [0.29, 0.717) is 22.3 Å². The minimum atomic E-state index is -0.0511. The largest absolute Gasteiger partial charge is 0.491 e. The van der Waals surface area contributed by atoms with Crippen LogP contribution >= 0.6 is 0 Å². The maximum atomic E-state index is 12.4. The van der Waals surface area contributed by atoms with E-state index >= 15 is 0 Å². The monoisotopic (exact) mass is 269 g/mol. The van der Waals surface area contributed by atoms with E-state index in [-0.39, 0.29) is 11.5 Å². The van der Waals surface area contributed by atoms with Gasteiger partial charge in [-0.3, -0.25) is 4.79 Å². The van der Waals surface area contributed by atoms with Crippen molar-refractivity contribution in [3.63, 3.8) is 0 Å². The molecule has 0 saturated carbocycles. The van der Waals surface area contributed by atoms with Crippen LogP contribution in [-0.4, -0.2) is 11.1 Å². The van der Waals surface area contributed by atoms with Crippen LogP contribution in [0.25, 0.3) is 22.2 Å². The van der Waals surface area contributed by atoms with Crippen molar-refractivity contribution in [2.24, 2.45) is 0 Å². The molecule has 0 fully saturated rings. The lowest BCUT2D eigenvalue weighted by molar-refractivity contribution is 0.242. The maximum absolute atomic E-state index is 12.4. The molecule has 2 aromatic heterocycles. The van der Waals surface area contributed by atoms with Crippen molar-refractivity contribution in [2.75, 3.05) is 0 Å². The quantitative estimate of drug-likeness (QED) is 0.790. The molecule has 0 spiro atoms. The predicted octanol–water partition coefficient (Wildman–Crippen LogP) is 3.58. The molecule has 1 aromatic carbocycles. The Kier molecular flexibility index (Phi) is 3.06. The highest BCUT2D eigenvalue weighted by molar-refractivity contribution is 5.82. The van der Waals surface area contributed by atoms with E-state index in [0.717, 1.165) is 5.69 Å². The number of ether oxygens (including phenoxy) is 1. The standard InChI is InChI=1S/C16H15NO3/c1-10(2)20-11-5-6-12-15(8-11)19-9-13(16(12)18)14-4-3-7-17-14/h3-10,17H,1-2H3. The zero-order valence-electron chi connectivity index (χ0n) is 11.3. The summed E-state index contributed by atoms with van der Waals surface area (Å²) >= 11 is 0. The first-order valence-corrected chi connectivity index (χ1v) is 6.51. The molecule has 0 aliphatic rings. The highest BCUT2D eigenvalue weighted by atomic mass is 16.5. The molecule has 0 radical (unpaired) electrons. The molecule has 4 heteroatoms. The first-order chi connectivity index (χ1) is 9.65. The van der Waals surface area contributed by atoms with Crippen LogP contribution < -0.4 is 10.2 Å². The van der Waals surface area contributed by atoms with Crippen LogP contribution in [0.5, 0.6) is 5.75 Å². The average Bonchev–Trinajstić information content (AvgIpc) is 2.92. The SMILES string of the molecule is CC(C)Oc1ccc2c(=O)c(-c3ccc[nH]3)coc2c1. The average molecular weight is 269 g/mol. The van der Waals surface area contributed by atoms with Gasteiger partial charge in [0.25, 0.3) is 0 Å². The number of benzene rings is 1. The number of rotatable bonds is 3. The van der Waals surface area contributed by atoms with Gasteiger partial charge in [-0.05, 0) is 38.1 Å². The fourth-order valence-electron chi connectivity index (χ4n) is 2.14. The summed E-state index contributed by atoms with van der Waals surface area (Å²) in [7, 11) is 0. The highest BCUT2D eigenvalue weighted by Gasteiger charge is 2.10. The molecule has 2 heterocycles. The molecular weight excluding hydrogens is 254 g/mol. The smallest absolute Gasteiger partial charge is 0.201 e. The maximum Gasteiger partial charge on any atom is 0.201 e. The fourth-order valence-corrected chi connectivity index (χ4v) is 2.14. The lowest BCUT2D eigenvalue weighted by atomic mass is 10.1. The van der Waals surface area contributed by atoms with Crippen molar-refractivity contribution in [2.45, 2.75) is 20.0 Å². The van der Waals surface area contributed by atoms with Crippen LogP contribution in [0, 0.1) is 0 Å². The summed E-state index contributed by atoms with van der Waals surface area (Å²) in [6.45, 7) is 3.91. The van der Waals surface area contributed by atoms with Crippen molar-refractivity contribution in [1.82, 2.24) is 4.98 Å². The Morgan fingerprint density at radius 1 is 1.25 bits per heavy atom. The van der Waals surface area contributed by atoms with Crippen molar-refractivity contribution >= 4 is 11.0 Å². The summed E-state index contributed by atoms with van der Waals surface area (Å²) in [5.74, 6) is 0.697. The Hall–Kier alpha value is -2.49. The Labute approximate surface area is 116 Å². The van der Waals surface area contributed by atoms with Crippen LogP contribution in [0.2, 0.25) is 0 Å². The highest BCUT2D eigenvalue weighted by Crippen LogP contribution is 2.22. The fraction of sp³-hybridized carbons (Fsp3) is 0.188. The van der Waals surface area contributed by atoms with Gasteiger partial charge in [0.2, 0.25) is 5.43 Å². The molecule has 0 aliphatic carbocycles. The number of fused-ring (bicyclic) bond motifs is 1. The molecule has 0 aliphatic heterocycles. The number of H-pyrrole nitrogens is 1. The van der Waals surface area contributed by atoms with Gasteiger partial charge in [0, 0.05) is 12.3 Å². The van der Waals surface area contributed by atoms with E-state index in [4.69, 9.17) is 9.15 Å². The molecule has 3 aromatic rings. The van der Waals surface area contributed by atoms with E-state index < -0.39 is 0 Å². The normalized spacial score (nSPS) is 11.2. The van der Waals surface area contributed by atoms with Gasteiger partial charge in [0.15, 0.2) is 0 Å². The van der Waals surface area contributed by atoms with Crippen molar-refractivity contribution in [3.05, 3.63) is 53.0 Å². The molecule has 0 saturated heterocycles. The zero-order valence-corrected chi connectivity index (χ0v) is 11.3. The molecule has 0 unspecified atom stereocenters. The lowest BCUT2D eigenvalue weighted by Crippen LogP contribution is -2.07. The van der Waals surface area contributed by atoms with Gasteiger partial charge in [0.1, 0.15) is 17.6 Å². The van der Waals surface area contributed by atoms with Crippen molar-refractivity contribution < 1.29 is 9.15 Å². The number of nitrogens with one attached hydrogen (secondary N) is 1.